The number of carbonyl (C=O) groups excluding carboxylic acids is 2. The van der Waals surface area contributed by atoms with Crippen LogP contribution in [0.2, 0.25) is 0 Å². The summed E-state index contributed by atoms with van der Waals surface area (Å²) in [5.41, 5.74) is 0.210. The van der Waals surface area contributed by atoms with E-state index < -0.39 is 23.2 Å². The zero-order valence-electron chi connectivity index (χ0n) is 16.5. The van der Waals surface area contributed by atoms with Gasteiger partial charge in [-0.3, -0.25) is 14.9 Å². The summed E-state index contributed by atoms with van der Waals surface area (Å²) >= 11 is 0. The molecule has 1 amide bonds. The highest BCUT2D eigenvalue weighted by atomic mass is 16.6. The fourth-order valence-corrected chi connectivity index (χ4v) is 3.43. The molecule has 2 aliphatic rings. The van der Waals surface area contributed by atoms with E-state index in [0.29, 0.717) is 0 Å². The van der Waals surface area contributed by atoms with Gasteiger partial charge in [0.05, 0.1) is 25.2 Å². The van der Waals surface area contributed by atoms with Gasteiger partial charge in [0.1, 0.15) is 5.56 Å². The van der Waals surface area contributed by atoms with Gasteiger partial charge in [-0.2, -0.15) is 0 Å². The van der Waals surface area contributed by atoms with Crippen molar-refractivity contribution in [2.75, 3.05) is 20.8 Å². The van der Waals surface area contributed by atoms with Crippen molar-refractivity contribution in [1.29, 1.82) is 0 Å². The molecule has 0 spiro atoms. The minimum absolute atomic E-state index is 0.121. The lowest BCUT2D eigenvalue weighted by Gasteiger charge is -2.27. The van der Waals surface area contributed by atoms with Gasteiger partial charge < -0.3 is 19.1 Å². The topological polar surface area (TPSA) is 108 Å². The maximum Gasteiger partial charge on any atom is 0.345 e. The van der Waals surface area contributed by atoms with E-state index in [1.54, 1.807) is 4.90 Å². The fraction of sp³-hybridized carbons (Fsp3) is 0.500. The summed E-state index contributed by atoms with van der Waals surface area (Å²) in [6, 6.07) is 2.44. The molecule has 0 atom stereocenters. The average Bonchev–Trinajstić information content (AvgIpc) is 3.56. The van der Waals surface area contributed by atoms with Gasteiger partial charge in [-0.25, -0.2) is 4.79 Å². The third-order valence-electron chi connectivity index (χ3n) is 5.00. The summed E-state index contributed by atoms with van der Waals surface area (Å²) in [5.74, 6) is -0.990. The minimum atomic E-state index is -0.959. The largest absolute Gasteiger partial charge is 0.493 e. The monoisotopic (exact) mass is 404 g/mol. The van der Waals surface area contributed by atoms with Crippen molar-refractivity contribution in [2.24, 2.45) is 0 Å². The average molecular weight is 404 g/mol. The number of nitro groups is 1. The summed E-state index contributed by atoms with van der Waals surface area (Å²) < 4.78 is 15.3. The SMILES string of the molecule is COc1cc(C(=O)OCC(=O)N(C2=CCCCC2)C2CC2)c([N+](=O)[O-])cc1OC. The third kappa shape index (κ3) is 4.67. The zero-order chi connectivity index (χ0) is 21.0. The molecule has 1 aromatic rings. The number of amides is 1. The molecule has 2 aliphatic carbocycles. The standard InChI is InChI=1S/C20H24N2O7/c1-27-17-10-15(16(22(25)26)11-18(17)28-2)20(24)29-12-19(23)21(14-8-9-14)13-6-4-3-5-7-13/h6,10-11,14H,3-5,7-9,12H2,1-2H3. The van der Waals surface area contributed by atoms with E-state index >= 15 is 0 Å². The molecule has 3 rings (SSSR count). The molecule has 0 saturated heterocycles. The number of nitrogens with zero attached hydrogens (tertiary/aromatic N) is 2. The molecular weight excluding hydrogens is 380 g/mol. The van der Waals surface area contributed by atoms with E-state index in [2.05, 4.69) is 6.08 Å². The summed E-state index contributed by atoms with van der Waals surface area (Å²) in [6.07, 6.45) is 7.83. The molecule has 0 aromatic heterocycles. The Bertz CT molecular complexity index is 845. The molecule has 0 unspecified atom stereocenters. The number of esters is 1. The summed E-state index contributed by atoms with van der Waals surface area (Å²) in [6.45, 7) is -0.474. The molecule has 1 saturated carbocycles. The Kier molecular flexibility index (Phi) is 6.36. The molecule has 156 valence electrons. The maximum atomic E-state index is 12.7. The van der Waals surface area contributed by atoms with Crippen LogP contribution in [0.15, 0.2) is 23.9 Å². The van der Waals surface area contributed by atoms with Crippen molar-refractivity contribution in [1.82, 2.24) is 4.90 Å². The Labute approximate surface area is 168 Å². The second kappa shape index (κ2) is 8.93. The first-order valence-electron chi connectivity index (χ1n) is 9.55. The van der Waals surface area contributed by atoms with Crippen molar-refractivity contribution in [3.63, 3.8) is 0 Å². The van der Waals surface area contributed by atoms with Crippen molar-refractivity contribution >= 4 is 17.6 Å². The maximum absolute atomic E-state index is 12.7. The molecule has 29 heavy (non-hydrogen) atoms. The fourth-order valence-electron chi connectivity index (χ4n) is 3.43. The Balaban J connectivity index is 1.75. The number of allylic oxidation sites excluding steroid dienone is 2. The number of hydrogen-bond donors (Lipinski definition) is 0. The highest BCUT2D eigenvalue weighted by molar-refractivity contribution is 5.96. The van der Waals surface area contributed by atoms with Crippen LogP contribution in [0.3, 0.4) is 0 Å². The molecule has 9 nitrogen and oxygen atoms in total. The van der Waals surface area contributed by atoms with E-state index in [0.717, 1.165) is 50.3 Å². The van der Waals surface area contributed by atoms with Gasteiger partial charge in [0.2, 0.25) is 0 Å². The van der Waals surface area contributed by atoms with Gasteiger partial charge in [-0.05, 0) is 38.5 Å². The highest BCUT2D eigenvalue weighted by Gasteiger charge is 2.36. The highest BCUT2D eigenvalue weighted by Crippen LogP contribution is 2.36. The van der Waals surface area contributed by atoms with Crippen LogP contribution >= 0.6 is 0 Å². The number of nitro benzene ring substituents is 1. The zero-order valence-corrected chi connectivity index (χ0v) is 16.5. The van der Waals surface area contributed by atoms with Crippen LogP contribution in [0.1, 0.15) is 48.9 Å². The first-order chi connectivity index (χ1) is 14.0. The van der Waals surface area contributed by atoms with Gasteiger partial charge in [-0.1, -0.05) is 6.08 Å². The first-order valence-corrected chi connectivity index (χ1v) is 9.55. The number of benzene rings is 1. The smallest absolute Gasteiger partial charge is 0.345 e. The second-order valence-electron chi connectivity index (χ2n) is 6.99. The van der Waals surface area contributed by atoms with E-state index in [9.17, 15) is 19.7 Å². The van der Waals surface area contributed by atoms with Crippen LogP contribution in [0.25, 0.3) is 0 Å². The van der Waals surface area contributed by atoms with E-state index in [-0.39, 0.29) is 29.0 Å². The minimum Gasteiger partial charge on any atom is -0.493 e. The van der Waals surface area contributed by atoms with Gasteiger partial charge in [0, 0.05) is 17.8 Å². The molecule has 0 heterocycles. The van der Waals surface area contributed by atoms with Gasteiger partial charge in [-0.15, -0.1) is 0 Å². The van der Waals surface area contributed by atoms with Crippen LogP contribution in [0.5, 0.6) is 11.5 Å². The van der Waals surface area contributed by atoms with Crippen LogP contribution in [-0.2, 0) is 9.53 Å². The molecule has 9 heteroatoms. The number of ether oxygens (including phenoxy) is 3. The normalized spacial score (nSPS) is 15.9. The number of carbonyl (C=O) groups is 2. The van der Waals surface area contributed by atoms with Crippen LogP contribution in [0.4, 0.5) is 5.69 Å². The predicted molar refractivity (Wildman–Crippen MR) is 103 cm³/mol. The van der Waals surface area contributed by atoms with E-state index in [1.807, 2.05) is 0 Å². The molecule has 0 bridgehead atoms. The van der Waals surface area contributed by atoms with Crippen molar-refractivity contribution in [2.45, 2.75) is 44.6 Å². The van der Waals surface area contributed by atoms with E-state index in [1.165, 1.54) is 20.3 Å². The van der Waals surface area contributed by atoms with Crippen LogP contribution < -0.4 is 9.47 Å². The predicted octanol–water partition coefficient (Wildman–Crippen LogP) is 3.22. The number of methoxy groups -OCH3 is 2. The Morgan fingerprint density at radius 1 is 1.17 bits per heavy atom. The molecule has 1 fully saturated rings. The molecule has 0 radical (unpaired) electrons. The molecular formula is C20H24N2O7. The van der Waals surface area contributed by atoms with Crippen molar-refractivity contribution in [3.05, 3.63) is 39.6 Å². The molecule has 0 N–H and O–H groups in total. The lowest BCUT2D eigenvalue weighted by Crippen LogP contribution is -2.36. The van der Waals surface area contributed by atoms with Crippen molar-refractivity contribution < 1.29 is 28.7 Å². The first kappa shape index (κ1) is 20.6. The van der Waals surface area contributed by atoms with Gasteiger partial charge in [0.25, 0.3) is 11.6 Å². The summed E-state index contributed by atoms with van der Waals surface area (Å²) in [4.78, 5) is 37.6. The van der Waals surface area contributed by atoms with E-state index in [4.69, 9.17) is 14.2 Å². The lowest BCUT2D eigenvalue weighted by molar-refractivity contribution is -0.385. The second-order valence-corrected chi connectivity index (χ2v) is 6.99. The molecule has 0 aliphatic heterocycles. The number of hydrogen-bond acceptors (Lipinski definition) is 7. The Morgan fingerprint density at radius 2 is 1.86 bits per heavy atom. The van der Waals surface area contributed by atoms with Crippen LogP contribution in [0, 0.1) is 10.1 Å². The van der Waals surface area contributed by atoms with Gasteiger partial charge >= 0.3 is 5.97 Å². The summed E-state index contributed by atoms with van der Waals surface area (Å²) in [5, 5.41) is 11.4. The Hall–Kier alpha value is -3.10. The quantitative estimate of drug-likeness (QED) is 0.372. The van der Waals surface area contributed by atoms with Crippen molar-refractivity contribution in [3.8, 4) is 11.5 Å². The van der Waals surface area contributed by atoms with Gasteiger partial charge in [0.15, 0.2) is 18.1 Å². The van der Waals surface area contributed by atoms with Crippen LogP contribution in [-0.4, -0.2) is 48.6 Å². The molecule has 1 aromatic carbocycles. The number of rotatable bonds is 8. The summed E-state index contributed by atoms with van der Waals surface area (Å²) in [7, 11) is 2.69. The lowest BCUT2D eigenvalue weighted by atomic mass is 10.0. The third-order valence-corrected chi connectivity index (χ3v) is 5.00. The Morgan fingerprint density at radius 3 is 2.41 bits per heavy atom.